The summed E-state index contributed by atoms with van der Waals surface area (Å²) in [6, 6.07) is 31.3. The van der Waals surface area contributed by atoms with E-state index in [2.05, 4.69) is 77.8 Å². The van der Waals surface area contributed by atoms with Crippen LogP contribution in [0.2, 0.25) is 0 Å². The zero-order valence-corrected chi connectivity index (χ0v) is 29.0. The summed E-state index contributed by atoms with van der Waals surface area (Å²) in [6.45, 7) is 7.65. The van der Waals surface area contributed by atoms with Crippen molar-refractivity contribution in [2.75, 3.05) is 33.3 Å². The summed E-state index contributed by atoms with van der Waals surface area (Å²) in [4.78, 5) is 2.75. The molecule has 2 N–H and O–H groups in total. The van der Waals surface area contributed by atoms with Gasteiger partial charge in [0.25, 0.3) is 0 Å². The summed E-state index contributed by atoms with van der Waals surface area (Å²) in [5, 5.41) is 13.4. The van der Waals surface area contributed by atoms with Gasteiger partial charge in [-0.1, -0.05) is 92.6 Å². The van der Waals surface area contributed by atoms with Crippen molar-refractivity contribution in [1.29, 1.82) is 0 Å². The molecular weight excluding hydrogens is 596 g/mol. The third-order valence-corrected chi connectivity index (χ3v) is 9.38. The Hall–Kier alpha value is -4.00. The average Bonchev–Trinajstić information content (AvgIpc) is 3.13. The minimum Gasteiger partial charge on any atom is -0.504 e. The van der Waals surface area contributed by atoms with Crippen molar-refractivity contribution in [1.82, 2.24) is 10.2 Å². The van der Waals surface area contributed by atoms with Crippen LogP contribution < -0.4 is 19.5 Å². The van der Waals surface area contributed by atoms with Gasteiger partial charge in [-0.3, -0.25) is 0 Å². The zero-order chi connectivity index (χ0) is 33.4. The van der Waals surface area contributed by atoms with Crippen LogP contribution >= 0.6 is 0 Å². The summed E-state index contributed by atoms with van der Waals surface area (Å²) in [5.41, 5.74) is 6.22. The van der Waals surface area contributed by atoms with Crippen LogP contribution in [0.25, 0.3) is 0 Å². The van der Waals surface area contributed by atoms with Gasteiger partial charge in [0.15, 0.2) is 23.0 Å². The van der Waals surface area contributed by atoms with E-state index in [0.29, 0.717) is 25.0 Å². The molecule has 1 atom stereocenters. The number of phenolic OH excluding ortho intramolecular Hbond substituents is 1. The second-order valence-electron chi connectivity index (χ2n) is 12.9. The molecule has 6 heteroatoms. The van der Waals surface area contributed by atoms with Crippen LogP contribution in [0, 0.1) is 0 Å². The number of benzene rings is 4. The number of nitrogens with zero attached hydrogens (tertiary/aromatic N) is 1. The Labute approximate surface area is 288 Å². The number of hydrogen-bond donors (Lipinski definition) is 2. The van der Waals surface area contributed by atoms with Gasteiger partial charge in [-0.25, -0.2) is 0 Å². The predicted octanol–water partition coefficient (Wildman–Crippen LogP) is 8.52. The van der Waals surface area contributed by atoms with E-state index < -0.39 is 0 Å². The van der Waals surface area contributed by atoms with Crippen molar-refractivity contribution < 1.29 is 19.3 Å². The summed E-state index contributed by atoms with van der Waals surface area (Å²) in [7, 11) is 1.59. The maximum Gasteiger partial charge on any atom is 0.165 e. The van der Waals surface area contributed by atoms with Crippen molar-refractivity contribution in [2.45, 2.75) is 84.0 Å². The van der Waals surface area contributed by atoms with Gasteiger partial charge in [0, 0.05) is 11.6 Å². The Balaban J connectivity index is 1.10. The summed E-state index contributed by atoms with van der Waals surface area (Å²) in [5.74, 6) is 2.49. The largest absolute Gasteiger partial charge is 0.504 e. The number of nitrogens with one attached hydrogen (secondary N) is 1. The fourth-order valence-corrected chi connectivity index (χ4v) is 6.75. The van der Waals surface area contributed by atoms with E-state index in [1.165, 1.54) is 55.3 Å². The molecule has 0 amide bonds. The van der Waals surface area contributed by atoms with E-state index >= 15 is 0 Å². The Morgan fingerprint density at radius 2 is 1.48 bits per heavy atom. The van der Waals surface area contributed by atoms with Crippen LogP contribution in [0.15, 0.2) is 91.0 Å². The molecule has 4 aromatic rings. The molecule has 0 fully saturated rings. The highest BCUT2D eigenvalue weighted by Crippen LogP contribution is 2.39. The highest BCUT2D eigenvalue weighted by molar-refractivity contribution is 5.52. The fraction of sp³-hybridized carbons (Fsp3) is 0.429. The SMILES string of the molecule is CCCN(CCCCCCNCCc1ccc(O)c(OC)c1)[C@H]1CCc2c(ccc(OCc3ccccc3)c2OCc2ccccc2)C1. The fourth-order valence-electron chi connectivity index (χ4n) is 6.75. The number of fused-ring (bicyclic) bond motifs is 1. The van der Waals surface area contributed by atoms with Gasteiger partial charge >= 0.3 is 0 Å². The van der Waals surface area contributed by atoms with Gasteiger partial charge < -0.3 is 29.5 Å². The van der Waals surface area contributed by atoms with Gasteiger partial charge in [0.1, 0.15) is 13.2 Å². The molecule has 0 saturated carbocycles. The minimum atomic E-state index is 0.192. The van der Waals surface area contributed by atoms with Crippen LogP contribution in [-0.2, 0) is 32.5 Å². The molecule has 0 aliphatic heterocycles. The third kappa shape index (κ3) is 10.5. The second-order valence-corrected chi connectivity index (χ2v) is 12.9. The normalized spacial score (nSPS) is 14.1. The number of unbranched alkanes of at least 4 members (excludes halogenated alkanes) is 3. The van der Waals surface area contributed by atoms with Gasteiger partial charge in [0.05, 0.1) is 7.11 Å². The third-order valence-electron chi connectivity index (χ3n) is 9.38. The van der Waals surface area contributed by atoms with Crippen molar-refractivity contribution >= 4 is 0 Å². The number of methoxy groups -OCH3 is 1. The Kier molecular flexibility index (Phi) is 14.1. The molecule has 1 aliphatic carbocycles. The molecule has 6 nitrogen and oxygen atoms in total. The summed E-state index contributed by atoms with van der Waals surface area (Å²) < 4.78 is 18.2. The first-order valence-corrected chi connectivity index (χ1v) is 17.9. The highest BCUT2D eigenvalue weighted by atomic mass is 16.5. The zero-order valence-electron chi connectivity index (χ0n) is 29.0. The quantitative estimate of drug-likeness (QED) is 0.0936. The lowest BCUT2D eigenvalue weighted by Crippen LogP contribution is -2.40. The lowest BCUT2D eigenvalue weighted by atomic mass is 9.86. The molecule has 0 saturated heterocycles. The number of phenols is 1. The van der Waals surface area contributed by atoms with E-state index in [9.17, 15) is 5.11 Å². The topological polar surface area (TPSA) is 63.2 Å². The lowest BCUT2D eigenvalue weighted by molar-refractivity contribution is 0.174. The van der Waals surface area contributed by atoms with E-state index in [1.807, 2.05) is 24.3 Å². The molecule has 256 valence electrons. The standard InChI is InChI=1S/C42H54N2O4/c1-3-27-44(28-13-5-4-12-25-43-26-24-33-18-22-39(45)41(29-33)46-2)37-20-21-38-36(30-37)19-23-40(47-31-34-14-8-6-9-15-34)42(38)48-32-35-16-10-7-11-17-35/h6-11,14-19,22-23,29,37,43,45H,3-5,12-13,20-21,24-28,30-32H2,1-2H3/t37-/m0/s1. The number of rotatable bonds is 20. The first kappa shape index (κ1) is 35.3. The number of hydrogen-bond acceptors (Lipinski definition) is 6. The maximum absolute atomic E-state index is 9.79. The van der Waals surface area contributed by atoms with Crippen LogP contribution in [-0.4, -0.2) is 49.3 Å². The molecule has 0 heterocycles. The van der Waals surface area contributed by atoms with Gasteiger partial charge in [-0.2, -0.15) is 0 Å². The van der Waals surface area contributed by atoms with E-state index in [0.717, 1.165) is 67.9 Å². The molecule has 4 aromatic carbocycles. The molecule has 1 aliphatic rings. The monoisotopic (exact) mass is 650 g/mol. The first-order chi connectivity index (χ1) is 23.6. The van der Waals surface area contributed by atoms with Crippen LogP contribution in [0.4, 0.5) is 0 Å². The number of aromatic hydroxyl groups is 1. The average molecular weight is 651 g/mol. The predicted molar refractivity (Wildman–Crippen MR) is 195 cm³/mol. The number of ether oxygens (including phenoxy) is 3. The second kappa shape index (κ2) is 19.1. The molecule has 0 unspecified atom stereocenters. The molecule has 0 spiro atoms. The van der Waals surface area contributed by atoms with Crippen molar-refractivity contribution in [3.05, 3.63) is 119 Å². The first-order valence-electron chi connectivity index (χ1n) is 17.9. The van der Waals surface area contributed by atoms with Gasteiger partial charge in [0.2, 0.25) is 0 Å². The van der Waals surface area contributed by atoms with E-state index in [1.54, 1.807) is 13.2 Å². The van der Waals surface area contributed by atoms with E-state index in [4.69, 9.17) is 14.2 Å². The molecule has 5 rings (SSSR count). The van der Waals surface area contributed by atoms with Crippen LogP contribution in [0.1, 0.15) is 73.3 Å². The summed E-state index contributed by atoms with van der Waals surface area (Å²) >= 11 is 0. The molecule has 0 aromatic heterocycles. The lowest BCUT2D eigenvalue weighted by Gasteiger charge is -2.36. The van der Waals surface area contributed by atoms with Gasteiger partial charge in [-0.15, -0.1) is 0 Å². The van der Waals surface area contributed by atoms with Crippen molar-refractivity contribution in [3.8, 4) is 23.0 Å². The summed E-state index contributed by atoms with van der Waals surface area (Å²) in [6.07, 6.45) is 10.3. The minimum absolute atomic E-state index is 0.192. The van der Waals surface area contributed by atoms with E-state index in [-0.39, 0.29) is 5.75 Å². The molecule has 0 radical (unpaired) electrons. The van der Waals surface area contributed by atoms with Gasteiger partial charge in [-0.05, 0) is 112 Å². The molecular formula is C42H54N2O4. The molecule has 48 heavy (non-hydrogen) atoms. The van der Waals surface area contributed by atoms with Crippen LogP contribution in [0.3, 0.4) is 0 Å². The van der Waals surface area contributed by atoms with Crippen molar-refractivity contribution in [2.24, 2.45) is 0 Å². The maximum atomic E-state index is 9.79. The molecule has 0 bridgehead atoms. The Morgan fingerprint density at radius 3 is 2.21 bits per heavy atom. The van der Waals surface area contributed by atoms with Crippen molar-refractivity contribution in [3.63, 3.8) is 0 Å². The Bertz CT molecular complexity index is 1510. The highest BCUT2D eigenvalue weighted by Gasteiger charge is 2.27. The smallest absolute Gasteiger partial charge is 0.165 e. The van der Waals surface area contributed by atoms with Crippen LogP contribution in [0.5, 0.6) is 23.0 Å². The Morgan fingerprint density at radius 1 is 0.750 bits per heavy atom.